The third-order valence-corrected chi connectivity index (χ3v) is 6.31. The van der Waals surface area contributed by atoms with E-state index in [-0.39, 0.29) is 18.0 Å². The summed E-state index contributed by atoms with van der Waals surface area (Å²) >= 11 is 5.74. The zero-order chi connectivity index (χ0) is 19.4. The molecule has 6 heteroatoms. The lowest BCUT2D eigenvalue weighted by molar-refractivity contribution is -0.128. The number of carbonyl (C=O) groups is 1. The Morgan fingerprint density at radius 1 is 1.18 bits per heavy atom. The smallest absolute Gasteiger partial charge is 0.251 e. The number of nitrogens with zero attached hydrogens (tertiary/aromatic N) is 2. The first-order valence-electron chi connectivity index (χ1n) is 9.51. The minimum Gasteiger partial charge on any atom is -0.497 e. The van der Waals surface area contributed by atoms with Gasteiger partial charge in [0.15, 0.2) is 5.11 Å². The van der Waals surface area contributed by atoms with Crippen molar-refractivity contribution in [3.8, 4) is 5.75 Å². The van der Waals surface area contributed by atoms with Gasteiger partial charge in [-0.15, -0.1) is 0 Å². The first-order valence-corrected chi connectivity index (χ1v) is 9.92. The maximum Gasteiger partial charge on any atom is 0.251 e. The summed E-state index contributed by atoms with van der Waals surface area (Å²) < 4.78 is 5.32. The van der Waals surface area contributed by atoms with E-state index in [4.69, 9.17) is 17.0 Å². The number of methoxy groups -OCH3 is 1. The van der Waals surface area contributed by atoms with Gasteiger partial charge in [-0.1, -0.05) is 30.3 Å². The largest absolute Gasteiger partial charge is 0.497 e. The molecule has 2 aliphatic rings. The summed E-state index contributed by atoms with van der Waals surface area (Å²) in [5.41, 5.74) is 4.52. The number of benzene rings is 2. The molecular formula is C22H21N3O2S. The van der Waals surface area contributed by atoms with Crippen molar-refractivity contribution in [1.29, 1.82) is 0 Å². The lowest BCUT2D eigenvalue weighted by Crippen LogP contribution is -2.44. The fourth-order valence-electron chi connectivity index (χ4n) is 4.55. The molecule has 1 saturated heterocycles. The van der Waals surface area contributed by atoms with Crippen LogP contribution in [0.5, 0.6) is 5.75 Å². The molecule has 5 rings (SSSR count). The number of para-hydroxylation sites is 1. The van der Waals surface area contributed by atoms with Gasteiger partial charge in [0.2, 0.25) is 0 Å². The number of fused-ring (bicyclic) bond motifs is 4. The fraction of sp³-hybridized carbons (Fsp3) is 0.273. The molecule has 28 heavy (non-hydrogen) atoms. The normalized spacial score (nSPS) is 21.2. The Bertz CT molecular complexity index is 1090. The monoisotopic (exact) mass is 391 g/mol. The number of hydrogen-bond acceptors (Lipinski definition) is 3. The van der Waals surface area contributed by atoms with Crippen molar-refractivity contribution in [1.82, 2.24) is 14.8 Å². The molecule has 3 aromatic rings. The van der Waals surface area contributed by atoms with E-state index in [2.05, 4.69) is 34.1 Å². The number of amides is 1. The van der Waals surface area contributed by atoms with Gasteiger partial charge in [0.05, 0.1) is 13.2 Å². The van der Waals surface area contributed by atoms with Crippen LogP contribution < -0.4 is 4.74 Å². The average Bonchev–Trinajstić information content (AvgIpc) is 3.21. The summed E-state index contributed by atoms with van der Waals surface area (Å²) in [6.07, 6.45) is 0.668. The highest BCUT2D eigenvalue weighted by molar-refractivity contribution is 7.80. The van der Waals surface area contributed by atoms with Crippen LogP contribution in [0, 0.1) is 0 Å². The van der Waals surface area contributed by atoms with Crippen molar-refractivity contribution in [2.75, 3.05) is 13.7 Å². The van der Waals surface area contributed by atoms with Crippen molar-refractivity contribution in [2.24, 2.45) is 0 Å². The first kappa shape index (κ1) is 17.3. The van der Waals surface area contributed by atoms with Crippen molar-refractivity contribution < 1.29 is 9.53 Å². The van der Waals surface area contributed by atoms with E-state index < -0.39 is 0 Å². The second-order valence-electron chi connectivity index (χ2n) is 7.23. The van der Waals surface area contributed by atoms with E-state index in [1.807, 2.05) is 31.2 Å². The van der Waals surface area contributed by atoms with E-state index in [9.17, 15) is 4.79 Å². The second kappa shape index (κ2) is 6.34. The van der Waals surface area contributed by atoms with Gasteiger partial charge in [-0.05, 0) is 48.5 Å². The Labute approximate surface area is 168 Å². The fourth-order valence-corrected chi connectivity index (χ4v) is 5.00. The van der Waals surface area contributed by atoms with Gasteiger partial charge in [0.1, 0.15) is 11.8 Å². The van der Waals surface area contributed by atoms with Crippen LogP contribution in [-0.4, -0.2) is 45.5 Å². The number of thiocarbonyl (C=S) groups is 1. The van der Waals surface area contributed by atoms with E-state index >= 15 is 0 Å². The van der Waals surface area contributed by atoms with Gasteiger partial charge in [-0.2, -0.15) is 0 Å². The zero-order valence-electron chi connectivity index (χ0n) is 15.8. The molecule has 0 saturated carbocycles. The minimum absolute atomic E-state index is 0.0990. The summed E-state index contributed by atoms with van der Waals surface area (Å²) in [6, 6.07) is 15.9. The number of likely N-dealkylation sites (N-methyl/N-ethyl adjacent to an activating group) is 1. The minimum atomic E-state index is -0.258. The van der Waals surface area contributed by atoms with Gasteiger partial charge in [-0.3, -0.25) is 9.69 Å². The summed E-state index contributed by atoms with van der Waals surface area (Å²) in [7, 11) is 1.66. The highest BCUT2D eigenvalue weighted by Crippen LogP contribution is 2.44. The number of aromatic amines is 1. The lowest BCUT2D eigenvalue weighted by atomic mass is 9.89. The number of nitrogens with one attached hydrogen (secondary N) is 1. The van der Waals surface area contributed by atoms with E-state index in [0.29, 0.717) is 18.1 Å². The molecule has 0 radical (unpaired) electrons. The molecule has 2 atom stereocenters. The Balaban J connectivity index is 1.73. The van der Waals surface area contributed by atoms with Crippen LogP contribution in [0.3, 0.4) is 0 Å². The summed E-state index contributed by atoms with van der Waals surface area (Å²) in [5.74, 6) is 0.908. The Morgan fingerprint density at radius 3 is 2.64 bits per heavy atom. The van der Waals surface area contributed by atoms with Gasteiger partial charge < -0.3 is 14.6 Å². The molecule has 0 aliphatic carbocycles. The number of hydrogen-bond donors (Lipinski definition) is 1. The lowest BCUT2D eigenvalue weighted by Gasteiger charge is -2.37. The number of carbonyl (C=O) groups excluding carboxylic acids is 1. The van der Waals surface area contributed by atoms with Crippen LogP contribution >= 0.6 is 12.2 Å². The number of rotatable bonds is 3. The van der Waals surface area contributed by atoms with E-state index in [1.165, 1.54) is 10.9 Å². The Hall–Kier alpha value is -2.86. The van der Waals surface area contributed by atoms with Crippen molar-refractivity contribution >= 4 is 34.1 Å². The predicted octanol–water partition coefficient (Wildman–Crippen LogP) is 3.64. The zero-order valence-corrected chi connectivity index (χ0v) is 16.6. The summed E-state index contributed by atoms with van der Waals surface area (Å²) in [4.78, 5) is 20.5. The molecule has 3 heterocycles. The maximum atomic E-state index is 13.1. The van der Waals surface area contributed by atoms with E-state index in [0.717, 1.165) is 22.5 Å². The number of aromatic nitrogens is 1. The standard InChI is InChI=1S/C22H21N3O2S/c1-3-24-21(26)18-12-16-15-6-4-5-7-17(15)23-19(16)20(25(18)22(24)28)13-8-10-14(27-2)11-9-13/h4-11,18,20,23H,3,12H2,1-2H3/t18-,20-/m1/s1. The molecule has 1 fully saturated rings. The average molecular weight is 391 g/mol. The number of H-pyrrole nitrogens is 1. The van der Waals surface area contributed by atoms with Gasteiger partial charge in [0.25, 0.3) is 5.91 Å². The highest BCUT2D eigenvalue weighted by Gasteiger charge is 2.49. The molecular weight excluding hydrogens is 370 g/mol. The Morgan fingerprint density at radius 2 is 1.93 bits per heavy atom. The topological polar surface area (TPSA) is 48.6 Å². The predicted molar refractivity (Wildman–Crippen MR) is 112 cm³/mol. The maximum absolute atomic E-state index is 13.1. The molecule has 142 valence electrons. The third-order valence-electron chi connectivity index (χ3n) is 5.88. The van der Waals surface area contributed by atoms with Crippen LogP contribution in [0.15, 0.2) is 48.5 Å². The highest BCUT2D eigenvalue weighted by atomic mass is 32.1. The third kappa shape index (κ3) is 2.31. The summed E-state index contributed by atoms with van der Waals surface area (Å²) in [6.45, 7) is 2.56. The molecule has 0 spiro atoms. The quantitative estimate of drug-likeness (QED) is 0.693. The van der Waals surface area contributed by atoms with Crippen LogP contribution in [-0.2, 0) is 11.2 Å². The molecule has 1 aromatic heterocycles. The van der Waals surface area contributed by atoms with E-state index in [1.54, 1.807) is 12.0 Å². The summed E-state index contributed by atoms with van der Waals surface area (Å²) in [5, 5.41) is 1.80. The van der Waals surface area contributed by atoms with Gasteiger partial charge in [0, 0.05) is 29.6 Å². The van der Waals surface area contributed by atoms with Crippen molar-refractivity contribution in [2.45, 2.75) is 25.4 Å². The van der Waals surface area contributed by atoms with Gasteiger partial charge in [-0.25, -0.2) is 0 Å². The number of ether oxygens (including phenoxy) is 1. The van der Waals surface area contributed by atoms with Crippen LogP contribution in [0.2, 0.25) is 0 Å². The molecule has 2 aliphatic heterocycles. The van der Waals surface area contributed by atoms with Gasteiger partial charge >= 0.3 is 0 Å². The SMILES string of the molecule is CCN1C(=O)[C@H]2Cc3c([nH]c4ccccc34)[C@@H](c3ccc(OC)cc3)N2C1=S. The molecule has 0 unspecified atom stereocenters. The first-order chi connectivity index (χ1) is 13.6. The Kier molecular flexibility index (Phi) is 3.91. The molecule has 0 bridgehead atoms. The van der Waals surface area contributed by atoms with Crippen LogP contribution in [0.25, 0.3) is 10.9 Å². The second-order valence-corrected chi connectivity index (χ2v) is 7.60. The van der Waals surface area contributed by atoms with Crippen LogP contribution in [0.4, 0.5) is 0 Å². The van der Waals surface area contributed by atoms with Crippen LogP contribution in [0.1, 0.15) is 29.8 Å². The van der Waals surface area contributed by atoms with Crippen molar-refractivity contribution in [3.63, 3.8) is 0 Å². The molecule has 1 N–H and O–H groups in total. The molecule has 1 amide bonds. The molecule has 2 aromatic carbocycles. The van der Waals surface area contributed by atoms with Crippen molar-refractivity contribution in [3.05, 3.63) is 65.4 Å². The molecule has 5 nitrogen and oxygen atoms in total.